The summed E-state index contributed by atoms with van der Waals surface area (Å²) < 4.78 is 4.91. The van der Waals surface area contributed by atoms with E-state index in [-0.39, 0.29) is 12.1 Å². The Kier molecular flexibility index (Phi) is 5.64. The number of rotatable bonds is 3. The van der Waals surface area contributed by atoms with Gasteiger partial charge in [0.1, 0.15) is 11.7 Å². The monoisotopic (exact) mass is 665 g/mol. The first-order valence-electron chi connectivity index (χ1n) is 18.2. The van der Waals surface area contributed by atoms with Crippen LogP contribution in [0.25, 0.3) is 27.5 Å². The molecule has 0 saturated carbocycles. The number of aromatic nitrogens is 1. The first-order chi connectivity index (χ1) is 25.8. The molecule has 0 N–H and O–H groups in total. The van der Waals surface area contributed by atoms with Gasteiger partial charge in [-0.3, -0.25) is 0 Å². The van der Waals surface area contributed by atoms with Gasteiger partial charge < -0.3 is 14.4 Å². The van der Waals surface area contributed by atoms with Crippen molar-refractivity contribution in [2.45, 2.75) is 18.5 Å². The van der Waals surface area contributed by atoms with Crippen LogP contribution in [0, 0.1) is 0 Å². The van der Waals surface area contributed by atoms with Crippen molar-refractivity contribution >= 4 is 50.3 Å². The standard InChI is InChI=1S/C48H33N4/c1-3-14-31(15-4-1)49-40-21-9-7-18-34(40)37-28-33(26-27-42(37)49)51-43-23-11-12-24-44(43)52-47-29-38-35-19-8-10-22-41(35)50(32-16-5-2-6-17-32)46(38)30-39(47)36-20-13-25-45(51)48(36)52/h1-28,30,41,48H,29H2/q+1. The van der Waals surface area contributed by atoms with Crippen molar-refractivity contribution in [1.29, 1.82) is 0 Å². The van der Waals surface area contributed by atoms with Crippen molar-refractivity contribution in [3.05, 3.63) is 210 Å². The molecule has 5 aromatic carbocycles. The molecule has 6 aliphatic rings. The summed E-state index contributed by atoms with van der Waals surface area (Å²) >= 11 is 0. The lowest BCUT2D eigenvalue weighted by molar-refractivity contribution is 0.851. The summed E-state index contributed by atoms with van der Waals surface area (Å²) in [5.74, 6) is 0. The van der Waals surface area contributed by atoms with E-state index >= 15 is 0 Å². The second-order valence-electron chi connectivity index (χ2n) is 14.3. The first kappa shape index (κ1) is 28.1. The van der Waals surface area contributed by atoms with Crippen LogP contribution in [0.15, 0.2) is 210 Å². The minimum Gasteiger partial charge on any atom is -0.330 e. The Balaban J connectivity index is 1.05. The fourth-order valence-electron chi connectivity index (χ4n) is 9.64. The molecule has 0 bridgehead atoms. The topological polar surface area (TPSA) is 14.4 Å². The zero-order valence-electron chi connectivity index (χ0n) is 28.4. The number of hydrogen-bond acceptors (Lipinski definition) is 2. The highest BCUT2D eigenvalue weighted by Crippen LogP contribution is 2.54. The van der Waals surface area contributed by atoms with Crippen molar-refractivity contribution in [2.24, 2.45) is 0 Å². The number of allylic oxidation sites excluding steroid dienone is 7. The molecular formula is C48H33N4+. The van der Waals surface area contributed by atoms with Gasteiger partial charge in [0, 0.05) is 69.8 Å². The molecule has 1 aromatic heterocycles. The molecule has 0 fully saturated rings. The first-order valence-corrected chi connectivity index (χ1v) is 18.2. The van der Waals surface area contributed by atoms with Crippen molar-refractivity contribution in [1.82, 2.24) is 9.14 Å². The van der Waals surface area contributed by atoms with Gasteiger partial charge in [0.25, 0.3) is 0 Å². The van der Waals surface area contributed by atoms with Crippen LogP contribution < -0.4 is 14.4 Å². The molecule has 2 unspecified atom stereocenters. The van der Waals surface area contributed by atoms with Gasteiger partial charge in [0.05, 0.1) is 17.1 Å². The van der Waals surface area contributed by atoms with Crippen LogP contribution in [0.2, 0.25) is 0 Å². The molecule has 0 spiro atoms. The minimum absolute atomic E-state index is 0.0929. The third-order valence-electron chi connectivity index (χ3n) is 11.7. The van der Waals surface area contributed by atoms with E-state index in [1.165, 1.54) is 89.6 Å². The Labute approximate surface area is 302 Å². The smallest absolute Gasteiger partial charge is 0.235 e. The maximum Gasteiger partial charge on any atom is 0.235 e. The van der Waals surface area contributed by atoms with Gasteiger partial charge in [0.15, 0.2) is 0 Å². The Bertz CT molecular complexity index is 2820. The molecule has 2 atom stereocenters. The van der Waals surface area contributed by atoms with Gasteiger partial charge in [-0.05, 0) is 65.3 Å². The predicted octanol–water partition coefficient (Wildman–Crippen LogP) is 10.6. The van der Waals surface area contributed by atoms with Crippen molar-refractivity contribution in [3.63, 3.8) is 0 Å². The van der Waals surface area contributed by atoms with Gasteiger partial charge >= 0.3 is 0 Å². The van der Waals surface area contributed by atoms with E-state index in [2.05, 4.69) is 195 Å². The Hall–Kier alpha value is -6.65. The molecular weight excluding hydrogens is 633 g/mol. The molecule has 12 rings (SSSR count). The lowest BCUT2D eigenvalue weighted by atomic mass is 9.88. The average molecular weight is 666 g/mol. The Morgan fingerprint density at radius 1 is 0.635 bits per heavy atom. The third-order valence-corrected chi connectivity index (χ3v) is 11.7. The molecule has 244 valence electrons. The molecule has 6 aromatic rings. The zero-order chi connectivity index (χ0) is 33.9. The summed E-state index contributed by atoms with van der Waals surface area (Å²) in [6, 6.07) is 46.7. The van der Waals surface area contributed by atoms with Crippen molar-refractivity contribution < 1.29 is 0 Å². The number of nitrogens with zero attached hydrogens (tertiary/aromatic N) is 4. The van der Waals surface area contributed by atoms with E-state index in [1.54, 1.807) is 0 Å². The van der Waals surface area contributed by atoms with Crippen molar-refractivity contribution in [3.8, 4) is 5.69 Å². The second-order valence-corrected chi connectivity index (χ2v) is 14.3. The Morgan fingerprint density at radius 2 is 1.40 bits per heavy atom. The molecule has 4 nitrogen and oxygen atoms in total. The Morgan fingerprint density at radius 3 is 2.29 bits per heavy atom. The summed E-state index contributed by atoms with van der Waals surface area (Å²) in [5, 5.41) is 2.52. The molecule has 0 saturated heterocycles. The number of benzene rings is 5. The highest BCUT2D eigenvalue weighted by atomic mass is 15.3. The second kappa shape index (κ2) is 10.4. The molecule has 3 aliphatic heterocycles. The van der Waals surface area contributed by atoms with Crippen LogP contribution >= 0.6 is 0 Å². The van der Waals surface area contributed by atoms with E-state index in [1.807, 2.05) is 0 Å². The third kappa shape index (κ3) is 3.68. The van der Waals surface area contributed by atoms with Gasteiger partial charge in [-0.1, -0.05) is 103 Å². The van der Waals surface area contributed by atoms with Gasteiger partial charge in [-0.2, -0.15) is 4.58 Å². The highest BCUT2D eigenvalue weighted by Gasteiger charge is 2.51. The van der Waals surface area contributed by atoms with E-state index in [0.29, 0.717) is 0 Å². The van der Waals surface area contributed by atoms with E-state index in [9.17, 15) is 0 Å². The van der Waals surface area contributed by atoms with Crippen LogP contribution in [-0.2, 0) is 0 Å². The summed E-state index contributed by atoms with van der Waals surface area (Å²) in [4.78, 5) is 5.19. The number of hydrogen-bond donors (Lipinski definition) is 0. The highest BCUT2D eigenvalue weighted by molar-refractivity contribution is 6.15. The molecule has 0 amide bonds. The van der Waals surface area contributed by atoms with Gasteiger partial charge in [0.2, 0.25) is 17.1 Å². The lowest BCUT2D eigenvalue weighted by Crippen LogP contribution is -2.45. The fourth-order valence-corrected chi connectivity index (χ4v) is 9.64. The van der Waals surface area contributed by atoms with Crippen LogP contribution in [0.3, 0.4) is 0 Å². The molecule has 0 radical (unpaired) electrons. The van der Waals surface area contributed by atoms with E-state index in [0.717, 1.165) is 6.42 Å². The molecule has 4 heterocycles. The number of para-hydroxylation sites is 5. The number of anilines is 2. The van der Waals surface area contributed by atoms with Crippen LogP contribution in [0.5, 0.6) is 0 Å². The molecule has 3 aliphatic carbocycles. The maximum absolute atomic E-state index is 2.65. The fraction of sp³-hybridized carbons (Fsp3) is 0.0625. The van der Waals surface area contributed by atoms with Crippen LogP contribution in [0.4, 0.5) is 22.7 Å². The van der Waals surface area contributed by atoms with Crippen molar-refractivity contribution in [2.75, 3.05) is 9.80 Å². The summed E-state index contributed by atoms with van der Waals surface area (Å²) in [6.07, 6.45) is 19.4. The zero-order valence-corrected chi connectivity index (χ0v) is 28.4. The number of fused-ring (bicyclic) bond motifs is 9. The quantitative estimate of drug-likeness (QED) is 0.175. The van der Waals surface area contributed by atoms with E-state index in [4.69, 9.17) is 0 Å². The SMILES string of the molecule is C1=CC2=C3CC4=C(C=C3N(c3ccccc3)C2C=C1)C1=CC=CC2=[N+](c3ccc5c(c3)c3ccccc3n5-c3ccccc3)c3ccccc3N4C12. The summed E-state index contributed by atoms with van der Waals surface area (Å²) in [6.45, 7) is 0. The van der Waals surface area contributed by atoms with Gasteiger partial charge in [-0.15, -0.1) is 0 Å². The summed E-state index contributed by atoms with van der Waals surface area (Å²) in [7, 11) is 0. The largest absolute Gasteiger partial charge is 0.330 e. The van der Waals surface area contributed by atoms with Crippen LogP contribution in [0.1, 0.15) is 6.42 Å². The molecule has 4 heteroatoms. The normalized spacial score (nSPS) is 20.7. The van der Waals surface area contributed by atoms with E-state index < -0.39 is 0 Å². The molecule has 52 heavy (non-hydrogen) atoms. The average Bonchev–Trinajstić information content (AvgIpc) is 3.84. The minimum atomic E-state index is 0.0929. The lowest BCUT2D eigenvalue weighted by Gasteiger charge is -2.35. The summed E-state index contributed by atoms with van der Waals surface area (Å²) in [5.41, 5.74) is 18.1. The van der Waals surface area contributed by atoms with Crippen LogP contribution in [-0.4, -0.2) is 22.4 Å². The van der Waals surface area contributed by atoms with Gasteiger partial charge in [-0.25, -0.2) is 0 Å². The maximum atomic E-state index is 2.65. The predicted molar refractivity (Wildman–Crippen MR) is 215 cm³/mol.